The average Bonchev–Trinajstić information content (AvgIpc) is 2.69. The van der Waals surface area contributed by atoms with E-state index in [9.17, 15) is 23.3 Å². The van der Waals surface area contributed by atoms with Gasteiger partial charge in [-0.25, -0.2) is 13.7 Å². The van der Waals surface area contributed by atoms with E-state index >= 15 is 0 Å². The SMILES string of the molecule is O=S(=O)([O-])C1=C2C=CC3=C([O-])C=C(SOOO)C4=CC=C(C(SOO[O-])=C1)C2C43.[Na+].[Na+].[Na+]. The zero-order valence-electron chi connectivity index (χ0n) is 17.0. The first-order valence-electron chi connectivity index (χ1n) is 7.80. The molecule has 0 aromatic carbocycles. The van der Waals surface area contributed by atoms with Gasteiger partial charge in [-0.15, -0.1) is 10.1 Å². The van der Waals surface area contributed by atoms with Gasteiger partial charge in [0.15, 0.2) is 0 Å². The maximum absolute atomic E-state index is 12.6. The second kappa shape index (κ2) is 13.1. The molecule has 0 aromatic heterocycles. The molecule has 0 fully saturated rings. The summed E-state index contributed by atoms with van der Waals surface area (Å²) in [6.45, 7) is 0. The molecule has 0 saturated heterocycles. The predicted octanol–water partition coefficient (Wildman–Crippen LogP) is -8.18. The molecular weight excluding hydrogens is 517 g/mol. The van der Waals surface area contributed by atoms with E-state index in [0.717, 1.165) is 6.08 Å². The Kier molecular flexibility index (Phi) is 12.8. The molecule has 0 aromatic rings. The van der Waals surface area contributed by atoms with E-state index < -0.39 is 26.9 Å². The fourth-order valence-electron chi connectivity index (χ4n) is 3.80. The molecule has 10 nitrogen and oxygen atoms in total. The maximum atomic E-state index is 12.6. The zero-order chi connectivity index (χ0) is 20.8. The van der Waals surface area contributed by atoms with Gasteiger partial charge < -0.3 is 14.9 Å². The van der Waals surface area contributed by atoms with Crippen LogP contribution in [0.2, 0.25) is 0 Å². The van der Waals surface area contributed by atoms with E-state index in [0.29, 0.717) is 45.7 Å². The summed E-state index contributed by atoms with van der Waals surface area (Å²) < 4.78 is 44.4. The molecule has 0 aliphatic heterocycles. The van der Waals surface area contributed by atoms with Crippen LogP contribution in [-0.2, 0) is 28.9 Å². The molecule has 16 heteroatoms. The molecule has 0 bridgehead atoms. The Morgan fingerprint density at radius 2 is 1.44 bits per heavy atom. The van der Waals surface area contributed by atoms with Gasteiger partial charge in [0.25, 0.3) is 0 Å². The molecule has 0 saturated carbocycles. The summed E-state index contributed by atoms with van der Waals surface area (Å²) in [7, 11) is -4.87. The number of rotatable bonds is 7. The summed E-state index contributed by atoms with van der Waals surface area (Å²) in [6.07, 6.45) is 8.65. The van der Waals surface area contributed by atoms with Gasteiger partial charge >= 0.3 is 88.7 Å². The van der Waals surface area contributed by atoms with Gasteiger partial charge in [0.1, 0.15) is 10.1 Å². The molecule has 4 aliphatic rings. The number of hydrogen-bond donors (Lipinski definition) is 1. The van der Waals surface area contributed by atoms with Gasteiger partial charge in [0.05, 0.1) is 29.0 Å². The third-order valence-electron chi connectivity index (χ3n) is 4.80. The molecule has 4 rings (SSSR count). The molecule has 154 valence electrons. The molecule has 4 aliphatic carbocycles. The normalized spacial score (nSPS) is 23.0. The zero-order valence-corrected chi connectivity index (χ0v) is 25.4. The topological polar surface area (TPSA) is 160 Å². The quantitative estimate of drug-likeness (QED) is 0.110. The minimum absolute atomic E-state index is 0. The third kappa shape index (κ3) is 6.00. The van der Waals surface area contributed by atoms with Gasteiger partial charge in [0, 0.05) is 21.6 Å². The summed E-state index contributed by atoms with van der Waals surface area (Å²) in [6, 6.07) is 0. The standard InChI is InChI=1S/C16H12O10S3.3Na/c17-11-5-12(27-25-23-18)8-2-3-9-13(28-26-24-19)6-14(29(20,21)22)10-4-1-7(11)15(8)16(9)10;;;/h1-6,15-19H,(H,20,21,22);;;/q;3*+1/p-3. The average molecular weight is 526 g/mol. The third-order valence-corrected chi connectivity index (χ3v) is 7.01. The van der Waals surface area contributed by atoms with Crippen molar-refractivity contribution in [3.63, 3.8) is 0 Å². The Labute approximate surface area is 257 Å². The van der Waals surface area contributed by atoms with Crippen molar-refractivity contribution in [2.24, 2.45) is 11.8 Å². The Balaban J connectivity index is 0.00000171. The van der Waals surface area contributed by atoms with Crippen LogP contribution < -0.4 is 99.0 Å². The van der Waals surface area contributed by atoms with Crippen molar-refractivity contribution in [2.45, 2.75) is 0 Å². The second-order valence-electron chi connectivity index (χ2n) is 6.09. The summed E-state index contributed by atoms with van der Waals surface area (Å²) in [5.74, 6) is -1.66. The van der Waals surface area contributed by atoms with Gasteiger partial charge in [-0.1, -0.05) is 35.4 Å². The van der Waals surface area contributed by atoms with E-state index in [1.54, 1.807) is 12.2 Å². The summed E-state index contributed by atoms with van der Waals surface area (Å²) in [4.78, 5) is 0.0386. The first kappa shape index (κ1) is 31.4. The van der Waals surface area contributed by atoms with Crippen molar-refractivity contribution < 1.29 is 136 Å². The van der Waals surface area contributed by atoms with Crippen LogP contribution in [0.4, 0.5) is 0 Å². The van der Waals surface area contributed by atoms with Crippen LogP contribution in [-0.4, -0.2) is 18.2 Å². The van der Waals surface area contributed by atoms with Gasteiger partial charge in [-0.2, -0.15) is 4.33 Å². The molecule has 0 heterocycles. The molecular formula is C16H9Na3O10S3. The minimum atomic E-state index is -4.87. The van der Waals surface area contributed by atoms with E-state index in [1.165, 1.54) is 18.2 Å². The largest absolute Gasteiger partial charge is 1.00 e. The van der Waals surface area contributed by atoms with Crippen molar-refractivity contribution in [1.82, 2.24) is 0 Å². The van der Waals surface area contributed by atoms with Crippen molar-refractivity contribution >= 4 is 34.2 Å². The van der Waals surface area contributed by atoms with Crippen LogP contribution >= 0.6 is 24.1 Å². The summed E-state index contributed by atoms with van der Waals surface area (Å²) >= 11 is 1.07. The van der Waals surface area contributed by atoms with Gasteiger partial charge in [-0.3, -0.25) is 5.04 Å². The molecule has 0 amide bonds. The maximum Gasteiger partial charge on any atom is 1.00 e. The monoisotopic (exact) mass is 526 g/mol. The number of hydrogen-bond acceptors (Lipinski definition) is 12. The first-order chi connectivity index (χ1) is 13.9. The fourth-order valence-corrected chi connectivity index (χ4v) is 5.73. The number of allylic oxidation sites excluding steroid dienone is 10. The van der Waals surface area contributed by atoms with Crippen molar-refractivity contribution in [3.8, 4) is 0 Å². The predicted molar refractivity (Wildman–Crippen MR) is 94.4 cm³/mol. The molecule has 2 unspecified atom stereocenters. The Morgan fingerprint density at radius 1 is 0.906 bits per heavy atom. The van der Waals surface area contributed by atoms with Crippen LogP contribution in [0.3, 0.4) is 0 Å². The minimum Gasteiger partial charge on any atom is -0.872 e. The summed E-state index contributed by atoms with van der Waals surface area (Å²) in [5.41, 5.74) is 1.76. The van der Waals surface area contributed by atoms with Crippen molar-refractivity contribution in [3.05, 3.63) is 79.2 Å². The molecule has 0 radical (unpaired) electrons. The first-order valence-corrected chi connectivity index (χ1v) is 10.7. The van der Waals surface area contributed by atoms with E-state index in [4.69, 9.17) is 5.26 Å². The van der Waals surface area contributed by atoms with Crippen LogP contribution in [0.1, 0.15) is 0 Å². The molecule has 32 heavy (non-hydrogen) atoms. The van der Waals surface area contributed by atoms with Crippen molar-refractivity contribution in [1.29, 1.82) is 0 Å². The molecule has 1 N–H and O–H groups in total. The van der Waals surface area contributed by atoms with E-state index in [1.807, 2.05) is 0 Å². The smallest absolute Gasteiger partial charge is 0.872 e. The van der Waals surface area contributed by atoms with E-state index in [2.05, 4.69) is 18.7 Å². The molecule has 2 atom stereocenters. The van der Waals surface area contributed by atoms with Crippen LogP contribution in [0, 0.1) is 11.8 Å². The fraction of sp³-hybridized carbons (Fsp3) is 0.125. The summed E-state index contributed by atoms with van der Waals surface area (Å²) in [5, 5.41) is 38.2. The Bertz CT molecular complexity index is 1090. The molecule has 0 spiro atoms. The van der Waals surface area contributed by atoms with Crippen LogP contribution in [0.5, 0.6) is 0 Å². The van der Waals surface area contributed by atoms with Crippen molar-refractivity contribution in [2.75, 3.05) is 0 Å². The van der Waals surface area contributed by atoms with E-state index in [-0.39, 0.29) is 105 Å². The van der Waals surface area contributed by atoms with Gasteiger partial charge in [-0.05, 0) is 28.4 Å². The second-order valence-corrected chi connectivity index (χ2v) is 8.92. The van der Waals surface area contributed by atoms with Crippen LogP contribution in [0.15, 0.2) is 79.2 Å². The van der Waals surface area contributed by atoms with Crippen LogP contribution in [0.25, 0.3) is 0 Å². The Hall–Kier alpha value is 1.35. The van der Waals surface area contributed by atoms with Gasteiger partial charge in [0.2, 0.25) is 0 Å². The Morgan fingerprint density at radius 3 is 2.00 bits per heavy atom.